The lowest BCUT2D eigenvalue weighted by atomic mass is 10.0. The van der Waals surface area contributed by atoms with E-state index >= 15 is 0 Å². The molecule has 0 radical (unpaired) electrons. The first-order valence-corrected chi connectivity index (χ1v) is 3.64. The summed E-state index contributed by atoms with van der Waals surface area (Å²) in [6.45, 7) is 3.81. The van der Waals surface area contributed by atoms with E-state index in [4.69, 9.17) is 10.5 Å². The number of hydrogen-bond donors (Lipinski definition) is 1. The minimum Gasteiger partial charge on any atom is -0.377 e. The van der Waals surface area contributed by atoms with Crippen LogP contribution in [0.25, 0.3) is 0 Å². The molecule has 0 aromatic rings. The molecule has 2 N–H and O–H groups in total. The normalized spacial score (nSPS) is 36.7. The maximum atomic E-state index is 5.42. The van der Waals surface area contributed by atoms with Crippen LogP contribution in [-0.2, 0) is 4.74 Å². The molecule has 2 atom stereocenters. The Balaban J connectivity index is 2.18. The number of hydrogen-bond acceptors (Lipinski definition) is 2. The molecule has 0 amide bonds. The zero-order chi connectivity index (χ0) is 6.69. The molecule has 1 rings (SSSR count). The summed E-state index contributed by atoms with van der Waals surface area (Å²) in [5.74, 6) is 0.743. The van der Waals surface area contributed by atoms with Gasteiger partial charge in [0, 0.05) is 13.2 Å². The Kier molecular flexibility index (Phi) is 2.49. The number of nitrogens with two attached hydrogens (primary N) is 1. The Morgan fingerprint density at radius 1 is 1.56 bits per heavy atom. The highest BCUT2D eigenvalue weighted by Crippen LogP contribution is 2.16. The predicted octanol–water partition coefficient (Wildman–Crippen LogP) is 0.760. The maximum Gasteiger partial charge on any atom is 0.0697 e. The molecule has 1 aliphatic heterocycles. The van der Waals surface area contributed by atoms with Gasteiger partial charge in [-0.1, -0.05) is 6.92 Å². The fraction of sp³-hybridized carbons (Fsp3) is 1.00. The minimum atomic E-state index is 0.348. The van der Waals surface area contributed by atoms with Crippen molar-refractivity contribution in [2.45, 2.75) is 25.9 Å². The van der Waals surface area contributed by atoms with Crippen molar-refractivity contribution in [3.8, 4) is 0 Å². The van der Waals surface area contributed by atoms with Gasteiger partial charge < -0.3 is 10.5 Å². The van der Waals surface area contributed by atoms with Crippen LogP contribution < -0.4 is 5.73 Å². The van der Waals surface area contributed by atoms with E-state index in [9.17, 15) is 0 Å². The molecule has 9 heavy (non-hydrogen) atoms. The Morgan fingerprint density at radius 3 is 2.78 bits per heavy atom. The van der Waals surface area contributed by atoms with Crippen LogP contribution in [0.2, 0.25) is 0 Å². The van der Waals surface area contributed by atoms with Crippen molar-refractivity contribution in [1.29, 1.82) is 0 Å². The molecule has 1 heterocycles. The first kappa shape index (κ1) is 7.03. The Hall–Kier alpha value is -0.0800. The fourth-order valence-electron chi connectivity index (χ4n) is 1.12. The van der Waals surface area contributed by atoms with Gasteiger partial charge >= 0.3 is 0 Å². The van der Waals surface area contributed by atoms with Gasteiger partial charge in [-0.15, -0.1) is 0 Å². The SMILES string of the molecule is CC1CC[C@H](CN)OC1. The van der Waals surface area contributed by atoms with Gasteiger partial charge in [0.25, 0.3) is 0 Å². The van der Waals surface area contributed by atoms with Crippen molar-refractivity contribution in [2.75, 3.05) is 13.2 Å². The van der Waals surface area contributed by atoms with E-state index in [2.05, 4.69) is 6.92 Å². The molecule has 1 fully saturated rings. The van der Waals surface area contributed by atoms with Gasteiger partial charge in [-0.3, -0.25) is 0 Å². The summed E-state index contributed by atoms with van der Waals surface area (Å²) in [6, 6.07) is 0. The second-order valence-electron chi connectivity index (χ2n) is 2.87. The molecule has 0 spiro atoms. The van der Waals surface area contributed by atoms with Gasteiger partial charge in [-0.2, -0.15) is 0 Å². The molecule has 2 heteroatoms. The van der Waals surface area contributed by atoms with Crippen LogP contribution in [0, 0.1) is 5.92 Å². The largest absolute Gasteiger partial charge is 0.377 e. The van der Waals surface area contributed by atoms with E-state index in [1.807, 2.05) is 0 Å². The highest BCUT2D eigenvalue weighted by molar-refractivity contribution is 4.67. The summed E-state index contributed by atoms with van der Waals surface area (Å²) in [4.78, 5) is 0. The van der Waals surface area contributed by atoms with Gasteiger partial charge in [-0.05, 0) is 18.8 Å². The van der Waals surface area contributed by atoms with E-state index in [-0.39, 0.29) is 0 Å². The quantitative estimate of drug-likeness (QED) is 0.567. The van der Waals surface area contributed by atoms with Crippen LogP contribution in [0.4, 0.5) is 0 Å². The summed E-state index contributed by atoms with van der Waals surface area (Å²) in [5, 5.41) is 0. The monoisotopic (exact) mass is 129 g/mol. The summed E-state index contributed by atoms with van der Waals surface area (Å²) in [5.41, 5.74) is 5.42. The third-order valence-electron chi connectivity index (χ3n) is 1.86. The van der Waals surface area contributed by atoms with Crippen molar-refractivity contribution in [3.63, 3.8) is 0 Å². The molecule has 54 valence electrons. The Bertz CT molecular complexity index is 77.0. The summed E-state index contributed by atoms with van der Waals surface area (Å²) >= 11 is 0. The molecule has 0 aliphatic carbocycles. The Morgan fingerprint density at radius 2 is 2.33 bits per heavy atom. The smallest absolute Gasteiger partial charge is 0.0697 e. The van der Waals surface area contributed by atoms with Crippen LogP contribution in [0.3, 0.4) is 0 Å². The molecule has 0 aromatic carbocycles. The van der Waals surface area contributed by atoms with E-state index < -0.39 is 0 Å². The van der Waals surface area contributed by atoms with Crippen LogP contribution in [0.5, 0.6) is 0 Å². The second kappa shape index (κ2) is 3.18. The molecule has 0 aromatic heterocycles. The Labute approximate surface area is 56.4 Å². The van der Waals surface area contributed by atoms with Crippen LogP contribution in [0.15, 0.2) is 0 Å². The average Bonchev–Trinajstić information content (AvgIpc) is 1.90. The highest BCUT2D eigenvalue weighted by Gasteiger charge is 2.16. The molecule has 1 aliphatic rings. The van der Waals surface area contributed by atoms with Crippen molar-refractivity contribution in [1.82, 2.24) is 0 Å². The van der Waals surface area contributed by atoms with Gasteiger partial charge in [-0.25, -0.2) is 0 Å². The number of rotatable bonds is 1. The van der Waals surface area contributed by atoms with Crippen molar-refractivity contribution >= 4 is 0 Å². The zero-order valence-corrected chi connectivity index (χ0v) is 5.97. The lowest BCUT2D eigenvalue weighted by Gasteiger charge is -2.25. The van der Waals surface area contributed by atoms with Crippen molar-refractivity contribution in [3.05, 3.63) is 0 Å². The maximum absolute atomic E-state index is 5.42. The van der Waals surface area contributed by atoms with Crippen LogP contribution in [-0.4, -0.2) is 19.3 Å². The average molecular weight is 129 g/mol. The fourth-order valence-corrected chi connectivity index (χ4v) is 1.12. The summed E-state index contributed by atoms with van der Waals surface area (Å²) in [6.07, 6.45) is 2.78. The van der Waals surface area contributed by atoms with Gasteiger partial charge in [0.15, 0.2) is 0 Å². The molecule has 2 nitrogen and oxygen atoms in total. The van der Waals surface area contributed by atoms with E-state index in [0.29, 0.717) is 12.6 Å². The van der Waals surface area contributed by atoms with E-state index in [1.165, 1.54) is 6.42 Å². The van der Waals surface area contributed by atoms with E-state index in [0.717, 1.165) is 18.9 Å². The molecule has 1 saturated heterocycles. The van der Waals surface area contributed by atoms with Crippen LogP contribution >= 0.6 is 0 Å². The predicted molar refractivity (Wildman–Crippen MR) is 37.2 cm³/mol. The lowest BCUT2D eigenvalue weighted by Crippen LogP contribution is -2.30. The van der Waals surface area contributed by atoms with Crippen LogP contribution in [0.1, 0.15) is 19.8 Å². The molecule has 1 unspecified atom stereocenters. The molecule has 0 bridgehead atoms. The van der Waals surface area contributed by atoms with E-state index in [1.54, 1.807) is 0 Å². The molecular formula is C7H15NO. The van der Waals surface area contributed by atoms with Gasteiger partial charge in [0.2, 0.25) is 0 Å². The highest BCUT2D eigenvalue weighted by atomic mass is 16.5. The third-order valence-corrected chi connectivity index (χ3v) is 1.86. The number of ether oxygens (including phenoxy) is 1. The lowest BCUT2D eigenvalue weighted by molar-refractivity contribution is -0.00521. The first-order chi connectivity index (χ1) is 4.33. The molecule has 0 saturated carbocycles. The standard InChI is InChI=1S/C7H15NO/c1-6-2-3-7(4-8)9-5-6/h6-7H,2-5,8H2,1H3/t6?,7-/m1/s1. The van der Waals surface area contributed by atoms with Gasteiger partial charge in [0.1, 0.15) is 0 Å². The van der Waals surface area contributed by atoms with Gasteiger partial charge in [0.05, 0.1) is 6.10 Å². The first-order valence-electron chi connectivity index (χ1n) is 3.64. The topological polar surface area (TPSA) is 35.2 Å². The third kappa shape index (κ3) is 1.95. The minimum absolute atomic E-state index is 0.348. The van der Waals surface area contributed by atoms with Crippen molar-refractivity contribution in [2.24, 2.45) is 11.7 Å². The summed E-state index contributed by atoms with van der Waals surface area (Å²) < 4.78 is 5.41. The second-order valence-corrected chi connectivity index (χ2v) is 2.87. The van der Waals surface area contributed by atoms with Crippen molar-refractivity contribution < 1.29 is 4.74 Å². The molecular weight excluding hydrogens is 114 g/mol. The zero-order valence-electron chi connectivity index (χ0n) is 5.97. The summed E-state index contributed by atoms with van der Waals surface area (Å²) in [7, 11) is 0.